The number of hydrogen-bond acceptors (Lipinski definition) is 6. The van der Waals surface area contributed by atoms with Gasteiger partial charge in [-0.3, -0.25) is 19.3 Å². The van der Waals surface area contributed by atoms with E-state index in [2.05, 4.69) is 0 Å². The maximum atomic E-state index is 12.7. The molecule has 2 saturated heterocycles. The molecular weight excluding hydrogens is 452 g/mol. The summed E-state index contributed by atoms with van der Waals surface area (Å²) in [5.41, 5.74) is 1.58. The monoisotopic (exact) mass is 472 g/mol. The van der Waals surface area contributed by atoms with Crippen LogP contribution in [-0.2, 0) is 20.9 Å². The molecule has 3 amide bonds. The van der Waals surface area contributed by atoms with Crippen molar-refractivity contribution in [2.24, 2.45) is 0 Å². The molecule has 2 heterocycles. The Kier molecular flexibility index (Phi) is 7.14. The highest BCUT2D eigenvalue weighted by molar-refractivity contribution is 8.18. The molecule has 0 atom stereocenters. The minimum atomic E-state index is -0.469. The summed E-state index contributed by atoms with van der Waals surface area (Å²) in [6.07, 6.45) is 1.63. The Morgan fingerprint density at radius 1 is 1.12 bits per heavy atom. The first-order valence-electron chi connectivity index (χ1n) is 10.1. The maximum absolute atomic E-state index is 12.7. The Hall–Kier alpha value is -2.81. The molecule has 9 heteroatoms. The summed E-state index contributed by atoms with van der Waals surface area (Å²) in [5.74, 6) is -0.115. The van der Waals surface area contributed by atoms with E-state index in [4.69, 9.17) is 21.1 Å². The Morgan fingerprint density at radius 3 is 2.69 bits per heavy atom. The van der Waals surface area contributed by atoms with Crippen molar-refractivity contribution < 1.29 is 23.9 Å². The maximum Gasteiger partial charge on any atom is 0.294 e. The number of ether oxygens (including phenoxy) is 2. The van der Waals surface area contributed by atoms with Crippen LogP contribution in [0.3, 0.4) is 0 Å². The standard InChI is InChI=1S/C23H21ClN2O5S/c24-19-7-2-1-5-17(19)15-31-18-6-3-4-16(12-18)13-20-22(28)26(23(29)32-20)14-21(27)25-8-10-30-11-9-25/h1-7,12-13H,8-11,14-15H2/b20-13-. The number of hydrogen-bond donors (Lipinski definition) is 0. The van der Waals surface area contributed by atoms with Crippen LogP contribution in [0.15, 0.2) is 53.4 Å². The molecule has 2 aliphatic rings. The van der Waals surface area contributed by atoms with Crippen LogP contribution in [-0.4, -0.2) is 59.7 Å². The zero-order valence-corrected chi connectivity index (χ0v) is 18.7. The van der Waals surface area contributed by atoms with E-state index in [-0.39, 0.29) is 17.4 Å². The number of imide groups is 1. The summed E-state index contributed by atoms with van der Waals surface area (Å²) in [4.78, 5) is 40.4. The molecule has 2 aliphatic heterocycles. The lowest BCUT2D eigenvalue weighted by molar-refractivity contribution is -0.139. The lowest BCUT2D eigenvalue weighted by Crippen LogP contribution is -2.46. The van der Waals surface area contributed by atoms with E-state index >= 15 is 0 Å². The number of nitrogens with zero attached hydrogens (tertiary/aromatic N) is 2. The molecule has 7 nitrogen and oxygen atoms in total. The molecule has 0 aromatic heterocycles. The topological polar surface area (TPSA) is 76.2 Å². The van der Waals surface area contributed by atoms with E-state index in [1.165, 1.54) is 0 Å². The number of halogens is 1. The molecule has 4 rings (SSSR count). The predicted molar refractivity (Wildman–Crippen MR) is 122 cm³/mol. The molecular formula is C23H21ClN2O5S. The van der Waals surface area contributed by atoms with E-state index in [9.17, 15) is 14.4 Å². The van der Waals surface area contributed by atoms with Gasteiger partial charge in [0.2, 0.25) is 5.91 Å². The molecule has 166 valence electrons. The van der Waals surface area contributed by atoms with E-state index < -0.39 is 11.1 Å². The number of thioether (sulfide) groups is 1. The largest absolute Gasteiger partial charge is 0.489 e. The van der Waals surface area contributed by atoms with Crippen LogP contribution in [0.5, 0.6) is 5.75 Å². The van der Waals surface area contributed by atoms with Crippen molar-refractivity contribution >= 4 is 46.5 Å². The molecule has 0 aliphatic carbocycles. The number of carbonyl (C=O) groups excluding carboxylic acids is 3. The number of morpholine rings is 1. The summed E-state index contributed by atoms with van der Waals surface area (Å²) in [5, 5.41) is 0.179. The molecule has 2 aromatic carbocycles. The van der Waals surface area contributed by atoms with Crippen molar-refractivity contribution in [1.29, 1.82) is 0 Å². The lowest BCUT2D eigenvalue weighted by Gasteiger charge is -2.28. The van der Waals surface area contributed by atoms with Gasteiger partial charge in [0.25, 0.3) is 11.1 Å². The van der Waals surface area contributed by atoms with Gasteiger partial charge in [0.15, 0.2) is 0 Å². The SMILES string of the molecule is O=C(CN1C(=O)S/C(=C\c2cccc(OCc3ccccc3Cl)c2)C1=O)N1CCOCC1. The van der Waals surface area contributed by atoms with Gasteiger partial charge in [-0.05, 0) is 41.6 Å². The van der Waals surface area contributed by atoms with Gasteiger partial charge in [0, 0.05) is 23.7 Å². The highest BCUT2D eigenvalue weighted by atomic mass is 35.5. The molecule has 2 aromatic rings. The van der Waals surface area contributed by atoms with E-state index in [1.54, 1.807) is 35.2 Å². The third-order valence-corrected chi connectivity index (χ3v) is 6.31. The first kappa shape index (κ1) is 22.4. The van der Waals surface area contributed by atoms with Gasteiger partial charge in [-0.2, -0.15) is 0 Å². The fourth-order valence-electron chi connectivity index (χ4n) is 3.31. The Labute approximate surface area is 194 Å². The third-order valence-electron chi connectivity index (χ3n) is 5.04. The second kappa shape index (κ2) is 10.2. The Balaban J connectivity index is 1.41. The zero-order valence-electron chi connectivity index (χ0n) is 17.2. The quantitative estimate of drug-likeness (QED) is 0.595. The van der Waals surface area contributed by atoms with Crippen molar-refractivity contribution in [2.45, 2.75) is 6.61 Å². The number of rotatable bonds is 6. The normalized spacial score (nSPS) is 17.8. The Bertz CT molecular complexity index is 1070. The summed E-state index contributed by atoms with van der Waals surface area (Å²) in [6, 6.07) is 14.6. The average molecular weight is 473 g/mol. The van der Waals surface area contributed by atoms with E-state index in [0.717, 1.165) is 22.2 Å². The second-order valence-corrected chi connectivity index (χ2v) is 8.61. The van der Waals surface area contributed by atoms with Crippen LogP contribution in [0, 0.1) is 0 Å². The molecule has 32 heavy (non-hydrogen) atoms. The average Bonchev–Trinajstić information content (AvgIpc) is 3.06. The van der Waals surface area contributed by atoms with Gasteiger partial charge < -0.3 is 14.4 Å². The first-order valence-corrected chi connectivity index (χ1v) is 11.3. The number of amides is 3. The van der Waals surface area contributed by atoms with Gasteiger partial charge in [-0.15, -0.1) is 0 Å². The fourth-order valence-corrected chi connectivity index (χ4v) is 4.33. The Morgan fingerprint density at radius 2 is 1.91 bits per heavy atom. The number of benzene rings is 2. The van der Waals surface area contributed by atoms with Crippen LogP contribution in [0.1, 0.15) is 11.1 Å². The summed E-state index contributed by atoms with van der Waals surface area (Å²) in [7, 11) is 0. The molecule has 0 spiro atoms. The van der Waals surface area contributed by atoms with Crippen LogP contribution in [0.2, 0.25) is 5.02 Å². The van der Waals surface area contributed by atoms with Crippen molar-refractivity contribution in [3.05, 3.63) is 69.6 Å². The van der Waals surface area contributed by atoms with Crippen LogP contribution in [0.4, 0.5) is 4.79 Å². The van der Waals surface area contributed by atoms with Gasteiger partial charge in [-0.25, -0.2) is 0 Å². The van der Waals surface area contributed by atoms with Gasteiger partial charge in [0.05, 0.1) is 18.1 Å². The predicted octanol–water partition coefficient (Wildman–Crippen LogP) is 3.81. The minimum absolute atomic E-state index is 0.258. The number of carbonyl (C=O) groups is 3. The minimum Gasteiger partial charge on any atom is -0.489 e. The van der Waals surface area contributed by atoms with E-state index in [1.807, 2.05) is 24.3 Å². The summed E-state index contributed by atoms with van der Waals surface area (Å²) < 4.78 is 11.1. The van der Waals surface area contributed by atoms with Crippen molar-refractivity contribution in [3.8, 4) is 5.75 Å². The molecule has 0 saturated carbocycles. The first-order chi connectivity index (χ1) is 15.5. The van der Waals surface area contributed by atoms with Gasteiger partial charge in [0.1, 0.15) is 18.9 Å². The smallest absolute Gasteiger partial charge is 0.294 e. The van der Waals surface area contributed by atoms with E-state index in [0.29, 0.717) is 49.2 Å². The van der Waals surface area contributed by atoms with Crippen LogP contribution >= 0.6 is 23.4 Å². The molecule has 0 unspecified atom stereocenters. The van der Waals surface area contributed by atoms with Crippen LogP contribution in [0.25, 0.3) is 6.08 Å². The second-order valence-electron chi connectivity index (χ2n) is 7.21. The van der Waals surface area contributed by atoms with Gasteiger partial charge in [-0.1, -0.05) is 41.9 Å². The molecule has 2 fully saturated rings. The summed E-state index contributed by atoms with van der Waals surface area (Å²) in [6.45, 7) is 1.90. The van der Waals surface area contributed by atoms with Crippen molar-refractivity contribution in [2.75, 3.05) is 32.8 Å². The third kappa shape index (κ3) is 5.32. The lowest BCUT2D eigenvalue weighted by atomic mass is 10.2. The molecule has 0 N–H and O–H groups in total. The molecule has 0 bridgehead atoms. The van der Waals surface area contributed by atoms with Crippen molar-refractivity contribution in [3.63, 3.8) is 0 Å². The summed E-state index contributed by atoms with van der Waals surface area (Å²) >= 11 is 6.99. The van der Waals surface area contributed by atoms with Crippen LogP contribution < -0.4 is 4.74 Å². The zero-order chi connectivity index (χ0) is 22.5. The highest BCUT2D eigenvalue weighted by Crippen LogP contribution is 2.32. The molecule has 0 radical (unpaired) electrons. The fraction of sp³-hybridized carbons (Fsp3) is 0.261. The highest BCUT2D eigenvalue weighted by Gasteiger charge is 2.37. The van der Waals surface area contributed by atoms with Gasteiger partial charge >= 0.3 is 0 Å². The van der Waals surface area contributed by atoms with Crippen molar-refractivity contribution in [1.82, 2.24) is 9.80 Å².